The minimum Gasteiger partial charge on any atom is -0.497 e. The van der Waals surface area contributed by atoms with Crippen LogP contribution in [-0.4, -0.2) is 81.1 Å². The van der Waals surface area contributed by atoms with Crippen molar-refractivity contribution in [2.24, 2.45) is 0 Å². The number of amides is 1. The van der Waals surface area contributed by atoms with Crippen molar-refractivity contribution in [2.75, 3.05) is 57.9 Å². The topological polar surface area (TPSA) is 112 Å². The summed E-state index contributed by atoms with van der Waals surface area (Å²) in [5.74, 6) is 2.59. The largest absolute Gasteiger partial charge is 0.497 e. The molecule has 3 atom stereocenters. The maximum absolute atomic E-state index is 14.2. The van der Waals surface area contributed by atoms with E-state index < -0.39 is 6.10 Å². The number of fused-ring (bicyclic) bond motifs is 2. The third-order valence-electron chi connectivity index (χ3n) is 10.1. The summed E-state index contributed by atoms with van der Waals surface area (Å²) < 4.78 is 35.4. The number of ether oxygens (including phenoxy) is 5. The lowest BCUT2D eigenvalue weighted by Crippen LogP contribution is -2.55. The Hall–Kier alpha value is -4.91. The van der Waals surface area contributed by atoms with Crippen LogP contribution in [0.2, 0.25) is 10.0 Å². The lowest BCUT2D eigenvalue weighted by molar-refractivity contribution is -0.151. The average molecular weight is 777 g/mol. The van der Waals surface area contributed by atoms with Crippen LogP contribution in [-0.2, 0) is 29.0 Å². The lowest BCUT2D eigenvalue weighted by Gasteiger charge is -2.42. The number of oxazole rings is 1. The second-order valence-electron chi connectivity index (χ2n) is 13.5. The van der Waals surface area contributed by atoms with Crippen LogP contribution in [0, 0.1) is 0 Å². The number of aromatic nitrogens is 2. The molecule has 54 heavy (non-hydrogen) atoms. The zero-order valence-electron chi connectivity index (χ0n) is 31.1. The van der Waals surface area contributed by atoms with Crippen LogP contribution < -0.4 is 28.7 Å². The molecule has 14 heteroatoms. The van der Waals surface area contributed by atoms with Gasteiger partial charge in [0.25, 0.3) is 11.9 Å². The van der Waals surface area contributed by atoms with Gasteiger partial charge in [-0.2, -0.15) is 4.98 Å². The van der Waals surface area contributed by atoms with E-state index in [0.29, 0.717) is 89.3 Å². The Labute approximate surface area is 324 Å². The van der Waals surface area contributed by atoms with Crippen molar-refractivity contribution in [2.45, 2.75) is 51.6 Å². The molecule has 284 valence electrons. The highest BCUT2D eigenvalue weighted by atomic mass is 35.5. The van der Waals surface area contributed by atoms with Gasteiger partial charge in [-0.1, -0.05) is 23.2 Å². The minimum absolute atomic E-state index is 0.0952. The molecule has 2 aliphatic heterocycles. The predicted molar refractivity (Wildman–Crippen MR) is 208 cm³/mol. The number of anilines is 2. The highest BCUT2D eigenvalue weighted by Gasteiger charge is 2.38. The molecule has 0 unspecified atom stereocenters. The fourth-order valence-corrected chi connectivity index (χ4v) is 8.12. The van der Waals surface area contributed by atoms with Crippen molar-refractivity contribution < 1.29 is 32.9 Å². The van der Waals surface area contributed by atoms with Crippen LogP contribution in [0.1, 0.15) is 42.1 Å². The SMILES string of the molecule is COc1ccc(CN(Cc2ccc(OC)cc2OC)c2nc3cncc(N4C[C@@H](C)O[C@@H](C(=O)N5CCc6cc(Cl)cc(Cl)c6[C@@H]5C)C4)c3o2)c(OC)c1. The summed E-state index contributed by atoms with van der Waals surface area (Å²) in [5.41, 5.74) is 5.63. The van der Waals surface area contributed by atoms with Gasteiger partial charge in [-0.05, 0) is 67.8 Å². The first-order chi connectivity index (χ1) is 26.1. The second-order valence-corrected chi connectivity index (χ2v) is 14.3. The Morgan fingerprint density at radius 2 is 1.56 bits per heavy atom. The fourth-order valence-electron chi connectivity index (χ4n) is 7.43. The van der Waals surface area contributed by atoms with Crippen molar-refractivity contribution in [1.82, 2.24) is 14.9 Å². The van der Waals surface area contributed by atoms with Gasteiger partial charge in [-0.15, -0.1) is 0 Å². The second kappa shape index (κ2) is 15.8. The van der Waals surface area contributed by atoms with Crippen LogP contribution >= 0.6 is 23.2 Å². The van der Waals surface area contributed by atoms with Gasteiger partial charge in [0.2, 0.25) is 0 Å². The number of carbonyl (C=O) groups is 1. The molecule has 7 rings (SSSR count). The maximum Gasteiger partial charge on any atom is 0.299 e. The summed E-state index contributed by atoms with van der Waals surface area (Å²) in [7, 11) is 6.50. The molecule has 0 saturated carbocycles. The van der Waals surface area contributed by atoms with Gasteiger partial charge in [0.1, 0.15) is 34.2 Å². The molecule has 3 aromatic carbocycles. The van der Waals surface area contributed by atoms with Crippen molar-refractivity contribution >= 4 is 51.9 Å². The first-order valence-corrected chi connectivity index (χ1v) is 18.5. The van der Waals surface area contributed by atoms with E-state index in [1.807, 2.05) is 66.1 Å². The quantitative estimate of drug-likeness (QED) is 0.133. The number of rotatable bonds is 11. The van der Waals surface area contributed by atoms with Crippen LogP contribution in [0.5, 0.6) is 23.0 Å². The summed E-state index contributed by atoms with van der Waals surface area (Å²) in [4.78, 5) is 29.6. The number of carbonyl (C=O) groups excluding carboxylic acids is 1. The molecule has 0 aliphatic carbocycles. The molecule has 1 amide bonds. The number of hydrogen-bond donors (Lipinski definition) is 0. The molecule has 1 saturated heterocycles. The molecule has 0 spiro atoms. The van der Waals surface area contributed by atoms with Gasteiger partial charge in [-0.25, -0.2) is 0 Å². The van der Waals surface area contributed by atoms with E-state index in [1.165, 1.54) is 0 Å². The van der Waals surface area contributed by atoms with Gasteiger partial charge in [-0.3, -0.25) is 9.78 Å². The minimum atomic E-state index is -0.719. The van der Waals surface area contributed by atoms with E-state index in [-0.39, 0.29) is 18.1 Å². The number of methoxy groups -OCH3 is 4. The van der Waals surface area contributed by atoms with E-state index in [9.17, 15) is 4.79 Å². The number of nitrogens with zero attached hydrogens (tertiary/aromatic N) is 5. The van der Waals surface area contributed by atoms with Gasteiger partial charge >= 0.3 is 0 Å². The van der Waals surface area contributed by atoms with E-state index in [4.69, 9.17) is 56.3 Å². The van der Waals surface area contributed by atoms with Crippen LogP contribution in [0.4, 0.5) is 11.7 Å². The smallest absolute Gasteiger partial charge is 0.299 e. The first kappa shape index (κ1) is 37.4. The number of hydrogen-bond acceptors (Lipinski definition) is 11. The van der Waals surface area contributed by atoms with Crippen LogP contribution in [0.15, 0.2) is 65.3 Å². The molecule has 1 fully saturated rings. The zero-order valence-corrected chi connectivity index (χ0v) is 32.6. The average Bonchev–Trinajstić information content (AvgIpc) is 3.62. The van der Waals surface area contributed by atoms with E-state index >= 15 is 0 Å². The third kappa shape index (κ3) is 7.42. The van der Waals surface area contributed by atoms with Crippen LogP contribution in [0.3, 0.4) is 0 Å². The normalized spacial score (nSPS) is 18.3. The van der Waals surface area contributed by atoms with Crippen LogP contribution in [0.25, 0.3) is 11.1 Å². The fraction of sp³-hybridized carbons (Fsp3) is 0.375. The molecule has 2 aromatic heterocycles. The lowest BCUT2D eigenvalue weighted by atomic mass is 9.93. The molecular weight excluding hydrogens is 733 g/mol. The van der Waals surface area contributed by atoms with Crippen molar-refractivity contribution in [1.29, 1.82) is 0 Å². The van der Waals surface area contributed by atoms with Gasteiger partial charge in [0, 0.05) is 46.4 Å². The van der Waals surface area contributed by atoms with E-state index in [0.717, 1.165) is 27.9 Å². The molecule has 0 N–H and O–H groups in total. The molecule has 4 heterocycles. The molecule has 0 radical (unpaired) electrons. The molecule has 0 bridgehead atoms. The highest BCUT2D eigenvalue weighted by molar-refractivity contribution is 6.35. The summed E-state index contributed by atoms with van der Waals surface area (Å²) in [6.07, 6.45) is 3.12. The van der Waals surface area contributed by atoms with E-state index in [1.54, 1.807) is 46.9 Å². The predicted octanol–water partition coefficient (Wildman–Crippen LogP) is 7.51. The highest BCUT2D eigenvalue weighted by Crippen LogP contribution is 2.39. The van der Waals surface area contributed by atoms with Crippen molar-refractivity contribution in [3.63, 3.8) is 0 Å². The number of benzene rings is 3. The summed E-state index contributed by atoms with van der Waals surface area (Å²) in [6.45, 7) is 6.10. The third-order valence-corrected chi connectivity index (χ3v) is 10.6. The number of pyridine rings is 1. The van der Waals surface area contributed by atoms with Gasteiger partial charge in [0.15, 0.2) is 11.7 Å². The first-order valence-electron chi connectivity index (χ1n) is 17.7. The Morgan fingerprint density at radius 3 is 2.19 bits per heavy atom. The molecule has 2 aliphatic rings. The standard InChI is InChI=1S/C40H43Cl2N5O7/c1-23-19-45(22-36(53-23)39(48)47-12-11-25-13-28(41)14-31(42)37(25)24(47)2)33-18-43-17-32-38(33)54-40(44-32)46(20-26-7-9-29(49-3)15-34(26)51-5)21-27-8-10-30(50-4)16-35(27)52-6/h7-10,13-18,23-24,36H,11-12,19-22H2,1-6H3/t23-,24+,36-/m1/s1. The van der Waals surface area contributed by atoms with Crippen molar-refractivity contribution in [3.05, 3.63) is 93.2 Å². The van der Waals surface area contributed by atoms with Gasteiger partial charge < -0.3 is 42.8 Å². The zero-order chi connectivity index (χ0) is 38.1. The molecule has 5 aromatic rings. The number of halogens is 2. The molecule has 12 nitrogen and oxygen atoms in total. The Kier molecular flexibility index (Phi) is 11.0. The van der Waals surface area contributed by atoms with Crippen molar-refractivity contribution in [3.8, 4) is 23.0 Å². The monoisotopic (exact) mass is 775 g/mol. The number of morpholine rings is 1. The summed E-state index contributed by atoms with van der Waals surface area (Å²) in [5, 5.41) is 1.15. The maximum atomic E-state index is 14.2. The van der Waals surface area contributed by atoms with Gasteiger partial charge in [0.05, 0.1) is 72.6 Å². The Morgan fingerprint density at radius 1 is 0.889 bits per heavy atom. The summed E-state index contributed by atoms with van der Waals surface area (Å²) in [6, 6.07) is 15.2. The summed E-state index contributed by atoms with van der Waals surface area (Å²) >= 11 is 12.9. The van der Waals surface area contributed by atoms with E-state index in [2.05, 4.69) is 9.88 Å². The molecular formula is C40H43Cl2N5O7. The Balaban J connectivity index is 1.20. The Bertz CT molecular complexity index is 2110.